The molecule has 6 aromatic rings. The Morgan fingerprint density at radius 1 is 0.610 bits per heavy atom. The maximum absolute atomic E-state index is 13.4. The van der Waals surface area contributed by atoms with Crippen LogP contribution < -0.4 is 9.80 Å². The summed E-state index contributed by atoms with van der Waals surface area (Å²) in [6.45, 7) is 11.8. The molecule has 2 fully saturated rings. The van der Waals surface area contributed by atoms with Gasteiger partial charge in [-0.3, -0.25) is 9.80 Å². The van der Waals surface area contributed by atoms with Crippen molar-refractivity contribution in [1.29, 1.82) is 0 Å². The SMILES string of the molecule is Cc1[nH]c2ccc(C(=O)O)cc2c1CCCCN1CCN(c2cccc(F)c2)CC1.O=C(O)c1ccc2[nH]cc(CCCCN3CCN(c4cccc(F)c4)CC3)c2c1. The van der Waals surface area contributed by atoms with E-state index in [-0.39, 0.29) is 11.6 Å². The first-order valence-electron chi connectivity index (χ1n) is 20.7. The number of unbranched alkanes of at least 4 members (excludes halogenated alkanes) is 2. The molecular weight excluding hydrogens is 751 g/mol. The second-order valence-corrected chi connectivity index (χ2v) is 15.7. The average Bonchev–Trinajstić information content (AvgIpc) is 3.80. The summed E-state index contributed by atoms with van der Waals surface area (Å²) >= 11 is 0. The van der Waals surface area contributed by atoms with Gasteiger partial charge in [0.15, 0.2) is 0 Å². The van der Waals surface area contributed by atoms with Gasteiger partial charge in [0.05, 0.1) is 11.1 Å². The number of anilines is 2. The summed E-state index contributed by atoms with van der Waals surface area (Å²) in [5.41, 5.74) is 8.10. The summed E-state index contributed by atoms with van der Waals surface area (Å²) in [7, 11) is 0. The highest BCUT2D eigenvalue weighted by atomic mass is 19.1. The van der Waals surface area contributed by atoms with Gasteiger partial charge in [-0.25, -0.2) is 18.4 Å². The molecule has 12 heteroatoms. The normalized spacial score (nSPS) is 15.1. The van der Waals surface area contributed by atoms with Crippen LogP contribution >= 0.6 is 0 Å². The largest absolute Gasteiger partial charge is 0.478 e. The molecule has 8 rings (SSSR count). The number of H-pyrrole nitrogens is 2. The summed E-state index contributed by atoms with van der Waals surface area (Å²) in [6.07, 6.45) is 8.21. The molecule has 0 radical (unpaired) electrons. The van der Waals surface area contributed by atoms with Crippen molar-refractivity contribution < 1.29 is 28.6 Å². The number of aromatic nitrogens is 2. The van der Waals surface area contributed by atoms with Crippen LogP contribution in [0.4, 0.5) is 20.2 Å². The number of halogens is 2. The van der Waals surface area contributed by atoms with E-state index in [0.29, 0.717) is 11.1 Å². The van der Waals surface area contributed by atoms with E-state index in [2.05, 4.69) is 36.5 Å². The Labute approximate surface area is 344 Å². The Hall–Kier alpha value is -5.72. The minimum atomic E-state index is -0.892. The predicted octanol–water partition coefficient (Wildman–Crippen LogP) is 8.61. The van der Waals surface area contributed by atoms with Crippen LogP contribution in [0.2, 0.25) is 0 Å². The minimum Gasteiger partial charge on any atom is -0.478 e. The highest BCUT2D eigenvalue weighted by Gasteiger charge is 2.19. The van der Waals surface area contributed by atoms with Gasteiger partial charge in [0.2, 0.25) is 0 Å². The average molecular weight is 805 g/mol. The third kappa shape index (κ3) is 10.7. The van der Waals surface area contributed by atoms with E-state index in [1.807, 2.05) is 30.5 Å². The van der Waals surface area contributed by atoms with Gasteiger partial charge < -0.3 is 30.0 Å². The van der Waals surface area contributed by atoms with E-state index in [0.717, 1.165) is 143 Å². The quantitative estimate of drug-likeness (QED) is 0.0809. The Bertz CT molecular complexity index is 2360. The van der Waals surface area contributed by atoms with Crippen LogP contribution in [0.15, 0.2) is 91.1 Å². The number of nitrogens with one attached hydrogen (secondary N) is 2. The van der Waals surface area contributed by atoms with Crippen LogP contribution in [0, 0.1) is 18.6 Å². The highest BCUT2D eigenvalue weighted by Crippen LogP contribution is 2.26. The van der Waals surface area contributed by atoms with Crippen molar-refractivity contribution in [2.45, 2.75) is 45.4 Å². The molecule has 4 aromatic carbocycles. The number of fused-ring (bicyclic) bond motifs is 2. The van der Waals surface area contributed by atoms with Crippen molar-refractivity contribution in [3.8, 4) is 0 Å². The number of carbonyl (C=O) groups is 2. The Morgan fingerprint density at radius 3 is 1.64 bits per heavy atom. The van der Waals surface area contributed by atoms with Crippen LogP contribution in [0.1, 0.15) is 63.2 Å². The van der Waals surface area contributed by atoms with E-state index < -0.39 is 11.9 Å². The number of hydrogen-bond donors (Lipinski definition) is 4. The van der Waals surface area contributed by atoms with Gasteiger partial charge in [0.1, 0.15) is 11.6 Å². The first-order chi connectivity index (χ1) is 28.6. The summed E-state index contributed by atoms with van der Waals surface area (Å²) < 4.78 is 26.9. The molecule has 2 aliphatic heterocycles. The number of aromatic carboxylic acids is 2. The molecule has 0 unspecified atom stereocenters. The highest BCUT2D eigenvalue weighted by molar-refractivity contribution is 5.95. The summed E-state index contributed by atoms with van der Waals surface area (Å²) in [5.74, 6) is -2.15. The number of carboxylic acid groups (broad SMARTS) is 2. The standard InChI is InChI=1S/C24H28FN3O2.C23H26FN3O2/c1-17-21(22-15-18(24(29)30)8-9-23(22)26-17)7-2-3-10-27-11-13-28(14-12-27)20-6-4-5-19(25)16-20;24-19-5-3-6-20(15-19)27-12-10-26(11-13-27)9-2-1-4-18-16-25-22-8-7-17(23(28)29)14-21(18)22/h4-6,8-9,15-16,26H,2-3,7,10-14H2,1H3,(H,29,30);3,5-8,14-16,25H,1-2,4,9-13H2,(H,28,29). The monoisotopic (exact) mass is 804 g/mol. The third-order valence-electron chi connectivity index (χ3n) is 11.8. The molecule has 2 saturated heterocycles. The number of aryl methyl sites for hydroxylation is 3. The Morgan fingerprint density at radius 2 is 1.12 bits per heavy atom. The molecule has 4 heterocycles. The molecule has 4 N–H and O–H groups in total. The summed E-state index contributed by atoms with van der Waals surface area (Å²) in [6, 6.07) is 24.2. The molecule has 0 saturated carbocycles. The molecule has 0 bridgehead atoms. The minimum absolute atomic E-state index is 0.182. The van der Waals surface area contributed by atoms with E-state index in [9.17, 15) is 28.6 Å². The van der Waals surface area contributed by atoms with Crippen LogP contribution in [0.25, 0.3) is 21.8 Å². The first kappa shape index (κ1) is 41.4. The molecule has 2 aromatic heterocycles. The fourth-order valence-electron chi connectivity index (χ4n) is 8.45. The number of nitrogens with zero attached hydrogens (tertiary/aromatic N) is 4. The lowest BCUT2D eigenvalue weighted by Gasteiger charge is -2.36. The van der Waals surface area contributed by atoms with Crippen molar-refractivity contribution >= 4 is 45.1 Å². The molecule has 10 nitrogen and oxygen atoms in total. The topological polar surface area (TPSA) is 119 Å². The van der Waals surface area contributed by atoms with E-state index in [1.54, 1.807) is 48.5 Å². The molecule has 310 valence electrons. The summed E-state index contributed by atoms with van der Waals surface area (Å²) in [5, 5.41) is 20.5. The number of benzene rings is 4. The number of rotatable bonds is 14. The number of carboxylic acids is 2. The maximum Gasteiger partial charge on any atom is 0.335 e. The van der Waals surface area contributed by atoms with Gasteiger partial charge in [0, 0.05) is 97.4 Å². The molecular formula is C47H54F2N6O4. The summed E-state index contributed by atoms with van der Waals surface area (Å²) in [4.78, 5) is 38.5. The van der Waals surface area contributed by atoms with E-state index >= 15 is 0 Å². The maximum atomic E-state index is 13.4. The van der Waals surface area contributed by atoms with Crippen LogP contribution in [0.5, 0.6) is 0 Å². The smallest absolute Gasteiger partial charge is 0.335 e. The van der Waals surface area contributed by atoms with Crippen molar-refractivity contribution in [2.24, 2.45) is 0 Å². The third-order valence-corrected chi connectivity index (χ3v) is 11.8. The van der Waals surface area contributed by atoms with Crippen molar-refractivity contribution in [3.05, 3.63) is 131 Å². The fourth-order valence-corrected chi connectivity index (χ4v) is 8.45. The van der Waals surface area contributed by atoms with Gasteiger partial charge in [-0.15, -0.1) is 0 Å². The second-order valence-electron chi connectivity index (χ2n) is 15.7. The number of hydrogen-bond acceptors (Lipinski definition) is 6. The van der Waals surface area contributed by atoms with Gasteiger partial charge in [-0.2, -0.15) is 0 Å². The van der Waals surface area contributed by atoms with Crippen LogP contribution in [-0.4, -0.2) is 107 Å². The number of aromatic amines is 2. The van der Waals surface area contributed by atoms with Crippen LogP contribution in [0.3, 0.4) is 0 Å². The molecule has 0 amide bonds. The Kier molecular flexibility index (Phi) is 13.6. The molecule has 0 aliphatic carbocycles. The lowest BCUT2D eigenvalue weighted by Crippen LogP contribution is -2.46. The van der Waals surface area contributed by atoms with Gasteiger partial charge in [-0.05, 0) is 142 Å². The molecule has 2 aliphatic rings. The predicted molar refractivity (Wildman–Crippen MR) is 231 cm³/mol. The molecule has 59 heavy (non-hydrogen) atoms. The van der Waals surface area contributed by atoms with E-state index in [1.165, 1.54) is 23.3 Å². The zero-order chi connectivity index (χ0) is 41.3. The van der Waals surface area contributed by atoms with Crippen molar-refractivity contribution in [2.75, 3.05) is 75.2 Å². The fraction of sp³-hybridized carbons (Fsp3) is 0.362. The lowest BCUT2D eigenvalue weighted by molar-refractivity contribution is 0.0686. The number of piperazine rings is 2. The molecule has 0 spiro atoms. The zero-order valence-electron chi connectivity index (χ0n) is 33.7. The Balaban J connectivity index is 0.000000179. The van der Waals surface area contributed by atoms with Crippen LogP contribution in [-0.2, 0) is 12.8 Å². The van der Waals surface area contributed by atoms with Crippen molar-refractivity contribution in [1.82, 2.24) is 19.8 Å². The lowest BCUT2D eigenvalue weighted by atomic mass is 10.0. The molecule has 0 atom stereocenters. The first-order valence-corrected chi connectivity index (χ1v) is 20.7. The zero-order valence-corrected chi connectivity index (χ0v) is 33.7. The van der Waals surface area contributed by atoms with E-state index in [4.69, 9.17) is 0 Å². The second kappa shape index (κ2) is 19.4. The van der Waals surface area contributed by atoms with Crippen molar-refractivity contribution in [3.63, 3.8) is 0 Å². The van der Waals surface area contributed by atoms with Gasteiger partial charge in [0.25, 0.3) is 0 Å². The van der Waals surface area contributed by atoms with Gasteiger partial charge >= 0.3 is 11.9 Å². The van der Waals surface area contributed by atoms with Gasteiger partial charge in [-0.1, -0.05) is 12.1 Å².